The van der Waals surface area contributed by atoms with Gasteiger partial charge in [-0.25, -0.2) is 0 Å². The maximum atomic E-state index is 3.65. The third-order valence-corrected chi connectivity index (χ3v) is 2.68. The van der Waals surface area contributed by atoms with Gasteiger partial charge in [0.15, 0.2) is 0 Å². The van der Waals surface area contributed by atoms with Gasteiger partial charge < -0.3 is 10.6 Å². The first-order valence-electron chi connectivity index (χ1n) is 5.29. The van der Waals surface area contributed by atoms with Crippen molar-refractivity contribution in [2.45, 2.75) is 51.6 Å². The van der Waals surface area contributed by atoms with Gasteiger partial charge in [0, 0.05) is 18.6 Å². The number of rotatable bonds is 3. The third kappa shape index (κ3) is 3.55. The second-order valence-electron chi connectivity index (χ2n) is 3.87. The molecule has 0 aromatic heterocycles. The molecule has 12 heavy (non-hydrogen) atoms. The van der Waals surface area contributed by atoms with Crippen LogP contribution in [0.2, 0.25) is 0 Å². The molecule has 0 aromatic carbocycles. The highest BCUT2D eigenvalue weighted by molar-refractivity contribution is 4.75. The fraction of sp³-hybridized carbons (Fsp3) is 1.00. The van der Waals surface area contributed by atoms with Gasteiger partial charge in [0.05, 0.1) is 0 Å². The van der Waals surface area contributed by atoms with Crippen LogP contribution in [0.4, 0.5) is 0 Å². The standard InChI is InChI=1S/C10H22N2/c1-3-9(2)12-10-6-4-5-7-11-8-10/h9-12H,3-8H2,1-2H3. The summed E-state index contributed by atoms with van der Waals surface area (Å²) in [6.45, 7) is 6.87. The summed E-state index contributed by atoms with van der Waals surface area (Å²) in [6, 6.07) is 1.39. The Morgan fingerprint density at radius 2 is 2.33 bits per heavy atom. The highest BCUT2D eigenvalue weighted by Crippen LogP contribution is 2.05. The molecule has 0 spiro atoms. The van der Waals surface area contributed by atoms with Crippen molar-refractivity contribution in [2.75, 3.05) is 13.1 Å². The van der Waals surface area contributed by atoms with Crippen LogP contribution in [0.5, 0.6) is 0 Å². The smallest absolute Gasteiger partial charge is 0.0194 e. The molecule has 1 fully saturated rings. The van der Waals surface area contributed by atoms with E-state index in [1.807, 2.05) is 0 Å². The van der Waals surface area contributed by atoms with E-state index in [1.54, 1.807) is 0 Å². The van der Waals surface area contributed by atoms with Crippen molar-refractivity contribution >= 4 is 0 Å². The van der Waals surface area contributed by atoms with Crippen LogP contribution < -0.4 is 10.6 Å². The Hall–Kier alpha value is -0.0800. The van der Waals surface area contributed by atoms with Crippen LogP contribution in [0.1, 0.15) is 39.5 Å². The second-order valence-corrected chi connectivity index (χ2v) is 3.87. The molecular formula is C10H22N2. The van der Waals surface area contributed by atoms with E-state index in [9.17, 15) is 0 Å². The Labute approximate surface area is 76.1 Å². The highest BCUT2D eigenvalue weighted by Gasteiger charge is 2.12. The van der Waals surface area contributed by atoms with Crippen LogP contribution in [0, 0.1) is 0 Å². The minimum Gasteiger partial charge on any atom is -0.315 e. The van der Waals surface area contributed by atoms with Crippen LogP contribution in [0.3, 0.4) is 0 Å². The zero-order chi connectivity index (χ0) is 8.81. The average Bonchev–Trinajstić information content (AvgIpc) is 2.33. The van der Waals surface area contributed by atoms with Crippen LogP contribution >= 0.6 is 0 Å². The lowest BCUT2D eigenvalue weighted by Crippen LogP contribution is -2.41. The molecule has 0 saturated carbocycles. The SMILES string of the molecule is CCC(C)NC1CCCCNC1. The van der Waals surface area contributed by atoms with Gasteiger partial charge in [-0.2, -0.15) is 0 Å². The number of hydrogen-bond donors (Lipinski definition) is 2. The molecule has 2 nitrogen and oxygen atoms in total. The van der Waals surface area contributed by atoms with Crippen LogP contribution in [-0.4, -0.2) is 25.2 Å². The Kier molecular flexibility index (Phi) is 4.62. The van der Waals surface area contributed by atoms with Gasteiger partial charge in [0.1, 0.15) is 0 Å². The van der Waals surface area contributed by atoms with Crippen molar-refractivity contribution in [2.24, 2.45) is 0 Å². The molecule has 1 aliphatic rings. The zero-order valence-electron chi connectivity index (χ0n) is 8.40. The van der Waals surface area contributed by atoms with E-state index < -0.39 is 0 Å². The van der Waals surface area contributed by atoms with Crippen LogP contribution in [-0.2, 0) is 0 Å². The molecule has 0 aromatic rings. The second kappa shape index (κ2) is 5.55. The maximum Gasteiger partial charge on any atom is 0.0194 e. The molecule has 1 rings (SSSR count). The summed E-state index contributed by atoms with van der Waals surface area (Å²) in [4.78, 5) is 0. The van der Waals surface area contributed by atoms with Crippen molar-refractivity contribution < 1.29 is 0 Å². The van der Waals surface area contributed by atoms with Crippen molar-refractivity contribution in [3.8, 4) is 0 Å². The van der Waals surface area contributed by atoms with E-state index in [2.05, 4.69) is 24.5 Å². The fourth-order valence-corrected chi connectivity index (χ4v) is 1.68. The number of nitrogens with one attached hydrogen (secondary N) is 2. The predicted molar refractivity (Wildman–Crippen MR) is 53.4 cm³/mol. The van der Waals surface area contributed by atoms with Gasteiger partial charge in [-0.3, -0.25) is 0 Å². The lowest BCUT2D eigenvalue weighted by molar-refractivity contribution is 0.413. The lowest BCUT2D eigenvalue weighted by Gasteiger charge is -2.20. The number of hydrogen-bond acceptors (Lipinski definition) is 2. The molecule has 0 bridgehead atoms. The summed E-state index contributed by atoms with van der Waals surface area (Å²) in [5.74, 6) is 0. The quantitative estimate of drug-likeness (QED) is 0.671. The molecule has 0 amide bonds. The normalized spacial score (nSPS) is 28.0. The van der Waals surface area contributed by atoms with Gasteiger partial charge in [-0.15, -0.1) is 0 Å². The van der Waals surface area contributed by atoms with Gasteiger partial charge in [0.2, 0.25) is 0 Å². The Morgan fingerprint density at radius 3 is 3.08 bits per heavy atom. The van der Waals surface area contributed by atoms with E-state index in [-0.39, 0.29) is 0 Å². The van der Waals surface area contributed by atoms with Crippen molar-refractivity contribution in [3.05, 3.63) is 0 Å². The van der Waals surface area contributed by atoms with Crippen molar-refractivity contribution in [1.29, 1.82) is 0 Å². The minimum atomic E-state index is 0.676. The van der Waals surface area contributed by atoms with Gasteiger partial charge in [0.25, 0.3) is 0 Å². The molecule has 0 radical (unpaired) electrons. The predicted octanol–water partition coefficient (Wildman–Crippen LogP) is 1.52. The molecule has 1 saturated heterocycles. The van der Waals surface area contributed by atoms with Crippen molar-refractivity contribution in [3.63, 3.8) is 0 Å². The summed E-state index contributed by atoms with van der Waals surface area (Å²) in [7, 11) is 0. The van der Waals surface area contributed by atoms with Gasteiger partial charge in [-0.05, 0) is 32.7 Å². The minimum absolute atomic E-state index is 0.676. The van der Waals surface area contributed by atoms with E-state index in [1.165, 1.54) is 32.2 Å². The highest BCUT2D eigenvalue weighted by atomic mass is 15.0. The molecule has 2 N–H and O–H groups in total. The lowest BCUT2D eigenvalue weighted by atomic mass is 10.1. The van der Waals surface area contributed by atoms with E-state index in [0.717, 1.165) is 6.54 Å². The molecule has 72 valence electrons. The summed E-state index contributed by atoms with van der Waals surface area (Å²) < 4.78 is 0. The Balaban J connectivity index is 2.20. The summed E-state index contributed by atoms with van der Waals surface area (Å²) >= 11 is 0. The summed E-state index contributed by atoms with van der Waals surface area (Å²) in [5, 5.41) is 7.11. The molecule has 2 unspecified atom stereocenters. The molecule has 0 aliphatic carbocycles. The average molecular weight is 170 g/mol. The molecule has 1 aliphatic heterocycles. The molecule has 1 heterocycles. The van der Waals surface area contributed by atoms with Gasteiger partial charge in [-0.1, -0.05) is 13.3 Å². The first kappa shape index (κ1) is 10.0. The summed E-state index contributed by atoms with van der Waals surface area (Å²) in [5.41, 5.74) is 0. The molecule has 2 atom stereocenters. The van der Waals surface area contributed by atoms with Gasteiger partial charge >= 0.3 is 0 Å². The molecule has 2 heteroatoms. The van der Waals surface area contributed by atoms with Crippen LogP contribution in [0.25, 0.3) is 0 Å². The zero-order valence-corrected chi connectivity index (χ0v) is 8.40. The molecular weight excluding hydrogens is 148 g/mol. The largest absolute Gasteiger partial charge is 0.315 e. The first-order chi connectivity index (χ1) is 5.83. The Bertz CT molecular complexity index is 106. The van der Waals surface area contributed by atoms with Crippen molar-refractivity contribution in [1.82, 2.24) is 10.6 Å². The topological polar surface area (TPSA) is 24.1 Å². The van der Waals surface area contributed by atoms with Crippen LogP contribution in [0.15, 0.2) is 0 Å². The van der Waals surface area contributed by atoms with E-state index >= 15 is 0 Å². The third-order valence-electron chi connectivity index (χ3n) is 2.68. The summed E-state index contributed by atoms with van der Waals surface area (Å²) in [6.07, 6.45) is 5.30. The first-order valence-corrected chi connectivity index (χ1v) is 5.29. The monoisotopic (exact) mass is 170 g/mol. The van der Waals surface area contributed by atoms with E-state index in [4.69, 9.17) is 0 Å². The van der Waals surface area contributed by atoms with E-state index in [0.29, 0.717) is 12.1 Å². The fourth-order valence-electron chi connectivity index (χ4n) is 1.68. The maximum absolute atomic E-state index is 3.65. The Morgan fingerprint density at radius 1 is 1.50 bits per heavy atom.